The molecule has 0 aromatic heterocycles. The van der Waals surface area contributed by atoms with Gasteiger partial charge in [-0.2, -0.15) is 0 Å². The molecule has 18 heavy (non-hydrogen) atoms. The van der Waals surface area contributed by atoms with Crippen LogP contribution in [0.2, 0.25) is 0 Å². The largest absolute Gasteiger partial charge is 0.367 e. The van der Waals surface area contributed by atoms with Crippen molar-refractivity contribution in [3.05, 3.63) is 35.4 Å². The van der Waals surface area contributed by atoms with Gasteiger partial charge in [-0.3, -0.25) is 0 Å². The summed E-state index contributed by atoms with van der Waals surface area (Å²) in [4.78, 5) is 0. The molecular weight excluding hydrogens is 222 g/mol. The lowest BCUT2D eigenvalue weighted by Gasteiger charge is -2.29. The van der Waals surface area contributed by atoms with Gasteiger partial charge in [0.1, 0.15) is 0 Å². The molecule has 2 heteroatoms. The van der Waals surface area contributed by atoms with Crippen LogP contribution in [0, 0.1) is 6.92 Å². The predicted octanol–water partition coefficient (Wildman–Crippen LogP) is 3.85. The van der Waals surface area contributed by atoms with E-state index in [1.807, 2.05) is 0 Å². The maximum absolute atomic E-state index is 6.17. The Kier molecular flexibility index (Phi) is 5.36. The van der Waals surface area contributed by atoms with E-state index < -0.39 is 0 Å². The molecule has 2 nitrogen and oxygen atoms in total. The molecule has 1 rings (SSSR count). The molecule has 0 saturated carbocycles. The van der Waals surface area contributed by atoms with Crippen molar-refractivity contribution < 1.29 is 4.74 Å². The summed E-state index contributed by atoms with van der Waals surface area (Å²) < 4.78 is 6.17. The minimum Gasteiger partial charge on any atom is -0.367 e. The minimum atomic E-state index is -0.132. The number of hydrogen-bond acceptors (Lipinski definition) is 2. The Hall–Kier alpha value is -0.860. The van der Waals surface area contributed by atoms with Crippen molar-refractivity contribution in [3.63, 3.8) is 0 Å². The van der Waals surface area contributed by atoms with Crippen LogP contribution in [-0.2, 0) is 4.74 Å². The van der Waals surface area contributed by atoms with E-state index in [4.69, 9.17) is 4.74 Å². The van der Waals surface area contributed by atoms with E-state index in [2.05, 4.69) is 71.1 Å². The Morgan fingerprint density at radius 2 is 1.89 bits per heavy atom. The first-order valence-electron chi connectivity index (χ1n) is 6.76. The van der Waals surface area contributed by atoms with Gasteiger partial charge in [-0.15, -0.1) is 0 Å². The number of ether oxygens (including phenoxy) is 1. The lowest BCUT2D eigenvalue weighted by molar-refractivity contribution is -0.0612. The van der Waals surface area contributed by atoms with Crippen molar-refractivity contribution in [2.24, 2.45) is 0 Å². The highest BCUT2D eigenvalue weighted by molar-refractivity contribution is 5.24. The van der Waals surface area contributed by atoms with E-state index in [0.29, 0.717) is 6.04 Å². The van der Waals surface area contributed by atoms with Gasteiger partial charge >= 0.3 is 0 Å². The normalized spacial score (nSPS) is 13.9. The van der Waals surface area contributed by atoms with Gasteiger partial charge in [-0.1, -0.05) is 43.7 Å². The minimum absolute atomic E-state index is 0.104. The van der Waals surface area contributed by atoms with Crippen LogP contribution in [0.3, 0.4) is 0 Å². The van der Waals surface area contributed by atoms with Crippen LogP contribution in [0.4, 0.5) is 0 Å². The lowest BCUT2D eigenvalue weighted by Crippen LogP contribution is -2.33. The zero-order chi connectivity index (χ0) is 13.8. The molecular formula is C16H27NO. The van der Waals surface area contributed by atoms with E-state index in [9.17, 15) is 0 Å². The van der Waals surface area contributed by atoms with Crippen molar-refractivity contribution in [1.82, 2.24) is 5.32 Å². The summed E-state index contributed by atoms with van der Waals surface area (Å²) >= 11 is 0. The van der Waals surface area contributed by atoms with Crippen LogP contribution in [0.1, 0.15) is 51.8 Å². The van der Waals surface area contributed by atoms with Crippen molar-refractivity contribution in [3.8, 4) is 0 Å². The first-order chi connectivity index (χ1) is 8.28. The van der Waals surface area contributed by atoms with Gasteiger partial charge < -0.3 is 10.1 Å². The fourth-order valence-electron chi connectivity index (χ4n) is 1.87. The van der Waals surface area contributed by atoms with Crippen LogP contribution >= 0.6 is 0 Å². The number of hydrogen-bond donors (Lipinski definition) is 1. The Labute approximate surface area is 112 Å². The standard InChI is InChI=1S/C16H27NO/c1-12(2)17-11-15(18-16(4,5)6)14-9-7-8-13(3)10-14/h7-10,12,15,17H,11H2,1-6H3. The first-order valence-corrected chi connectivity index (χ1v) is 6.76. The summed E-state index contributed by atoms with van der Waals surface area (Å²) in [5, 5.41) is 3.46. The van der Waals surface area contributed by atoms with Gasteiger partial charge in [0.05, 0.1) is 11.7 Å². The third-order valence-corrected chi connectivity index (χ3v) is 2.62. The van der Waals surface area contributed by atoms with E-state index in [0.717, 1.165) is 6.54 Å². The number of rotatable bonds is 5. The second-order valence-electron chi connectivity index (χ2n) is 6.20. The van der Waals surface area contributed by atoms with E-state index >= 15 is 0 Å². The Bertz CT molecular complexity index is 366. The van der Waals surface area contributed by atoms with Gasteiger partial charge in [-0.05, 0) is 33.3 Å². The summed E-state index contributed by atoms with van der Waals surface area (Å²) in [6.45, 7) is 13.6. The van der Waals surface area contributed by atoms with Crippen molar-refractivity contribution in [2.75, 3.05) is 6.54 Å². The van der Waals surface area contributed by atoms with E-state index in [1.54, 1.807) is 0 Å². The molecule has 1 atom stereocenters. The third kappa shape index (κ3) is 5.65. The highest BCUT2D eigenvalue weighted by Gasteiger charge is 2.20. The molecule has 0 radical (unpaired) electrons. The molecule has 0 bridgehead atoms. The molecule has 0 amide bonds. The van der Waals surface area contributed by atoms with Crippen LogP contribution in [0.25, 0.3) is 0 Å². The average Bonchev–Trinajstić information content (AvgIpc) is 2.22. The topological polar surface area (TPSA) is 21.3 Å². The molecule has 1 N–H and O–H groups in total. The molecule has 1 aromatic rings. The number of benzene rings is 1. The third-order valence-electron chi connectivity index (χ3n) is 2.62. The smallest absolute Gasteiger partial charge is 0.0956 e. The highest BCUT2D eigenvalue weighted by atomic mass is 16.5. The molecule has 0 aliphatic rings. The monoisotopic (exact) mass is 249 g/mol. The highest BCUT2D eigenvalue weighted by Crippen LogP contribution is 2.24. The van der Waals surface area contributed by atoms with Gasteiger partial charge in [0.2, 0.25) is 0 Å². The molecule has 0 saturated heterocycles. The van der Waals surface area contributed by atoms with E-state index in [-0.39, 0.29) is 11.7 Å². The number of nitrogens with one attached hydrogen (secondary N) is 1. The van der Waals surface area contributed by atoms with Crippen molar-refractivity contribution >= 4 is 0 Å². The Morgan fingerprint density at radius 1 is 1.22 bits per heavy atom. The second-order valence-corrected chi connectivity index (χ2v) is 6.20. The lowest BCUT2D eigenvalue weighted by atomic mass is 10.0. The molecule has 0 spiro atoms. The molecule has 102 valence electrons. The van der Waals surface area contributed by atoms with Gasteiger partial charge in [0, 0.05) is 12.6 Å². The van der Waals surface area contributed by atoms with Crippen LogP contribution in [0.5, 0.6) is 0 Å². The van der Waals surface area contributed by atoms with E-state index in [1.165, 1.54) is 11.1 Å². The summed E-state index contributed by atoms with van der Waals surface area (Å²) in [5.41, 5.74) is 2.39. The summed E-state index contributed by atoms with van der Waals surface area (Å²) in [7, 11) is 0. The summed E-state index contributed by atoms with van der Waals surface area (Å²) in [5.74, 6) is 0. The van der Waals surface area contributed by atoms with Crippen molar-refractivity contribution in [1.29, 1.82) is 0 Å². The molecule has 1 aromatic carbocycles. The van der Waals surface area contributed by atoms with Crippen LogP contribution in [-0.4, -0.2) is 18.2 Å². The van der Waals surface area contributed by atoms with Gasteiger partial charge in [-0.25, -0.2) is 0 Å². The fraction of sp³-hybridized carbons (Fsp3) is 0.625. The average molecular weight is 249 g/mol. The maximum Gasteiger partial charge on any atom is 0.0956 e. The molecule has 1 unspecified atom stereocenters. The molecule has 0 fully saturated rings. The first kappa shape index (κ1) is 15.2. The predicted molar refractivity (Wildman–Crippen MR) is 77.9 cm³/mol. The Balaban J connectivity index is 2.82. The maximum atomic E-state index is 6.17. The Morgan fingerprint density at radius 3 is 2.39 bits per heavy atom. The van der Waals surface area contributed by atoms with Gasteiger partial charge in [0.15, 0.2) is 0 Å². The quantitative estimate of drug-likeness (QED) is 0.856. The SMILES string of the molecule is Cc1cccc(C(CNC(C)C)OC(C)(C)C)c1. The summed E-state index contributed by atoms with van der Waals surface area (Å²) in [6.07, 6.45) is 0.104. The fourth-order valence-corrected chi connectivity index (χ4v) is 1.87. The van der Waals surface area contributed by atoms with Crippen LogP contribution in [0.15, 0.2) is 24.3 Å². The molecule has 0 aliphatic carbocycles. The van der Waals surface area contributed by atoms with Crippen LogP contribution < -0.4 is 5.32 Å². The zero-order valence-corrected chi connectivity index (χ0v) is 12.6. The van der Waals surface area contributed by atoms with Crippen molar-refractivity contribution in [2.45, 2.75) is 59.3 Å². The summed E-state index contributed by atoms with van der Waals surface area (Å²) in [6, 6.07) is 9.04. The molecule has 0 heterocycles. The number of aryl methyl sites for hydroxylation is 1. The van der Waals surface area contributed by atoms with Gasteiger partial charge in [0.25, 0.3) is 0 Å². The second kappa shape index (κ2) is 6.35. The molecule has 0 aliphatic heterocycles. The zero-order valence-electron chi connectivity index (χ0n) is 12.6.